The topological polar surface area (TPSA) is 81.9 Å². The fraction of sp³-hybridized carbons (Fsp3) is 0.471. The first kappa shape index (κ1) is 21.4. The molecule has 0 aromatic carbocycles. The summed E-state index contributed by atoms with van der Waals surface area (Å²) < 4.78 is 71.0. The number of nitrogens with zero attached hydrogens (tertiary/aromatic N) is 7. The zero-order chi connectivity index (χ0) is 22.4. The summed E-state index contributed by atoms with van der Waals surface area (Å²) >= 11 is 6.09. The van der Waals surface area contributed by atoms with Gasteiger partial charge in [-0.2, -0.15) is 27.9 Å². The van der Waals surface area contributed by atoms with Crippen LogP contribution >= 0.6 is 11.6 Å². The molecule has 166 valence electrons. The highest BCUT2D eigenvalue weighted by atomic mass is 35.5. The molecular weight excluding hydrogens is 449 g/mol. The number of hydrogen-bond acceptors (Lipinski definition) is 7. The van der Waals surface area contributed by atoms with Crippen molar-refractivity contribution in [3.63, 3.8) is 0 Å². The molecule has 0 saturated carbocycles. The average Bonchev–Trinajstić information content (AvgIpc) is 3.24. The van der Waals surface area contributed by atoms with E-state index in [9.17, 15) is 22.0 Å². The van der Waals surface area contributed by atoms with Crippen LogP contribution in [0.5, 0.6) is 6.01 Å². The van der Waals surface area contributed by atoms with Gasteiger partial charge in [-0.1, -0.05) is 11.6 Å². The zero-order valence-electron chi connectivity index (χ0n) is 15.9. The molecule has 0 radical (unpaired) electrons. The minimum atomic E-state index is -4.66. The van der Waals surface area contributed by atoms with E-state index < -0.39 is 37.2 Å². The van der Waals surface area contributed by atoms with Gasteiger partial charge < -0.3 is 9.64 Å². The number of hydrogen-bond donors (Lipinski definition) is 0. The van der Waals surface area contributed by atoms with E-state index in [0.717, 1.165) is 6.92 Å². The van der Waals surface area contributed by atoms with Gasteiger partial charge in [-0.25, -0.2) is 8.78 Å². The van der Waals surface area contributed by atoms with Crippen LogP contribution in [0, 0.1) is 0 Å². The highest BCUT2D eigenvalue weighted by Crippen LogP contribution is 2.34. The molecule has 1 fully saturated rings. The molecule has 0 spiro atoms. The van der Waals surface area contributed by atoms with Crippen LogP contribution < -0.4 is 9.64 Å². The van der Waals surface area contributed by atoms with E-state index in [0.29, 0.717) is 10.7 Å². The standard InChI is InChI=1S/C17H15ClF5N7O/c1-9(17(21,22)23)31-15-25-13-12(14(26-15)29-6-4-16(19,20)8-29)27-30(28-13)7-11-10(18)3-2-5-24-11/h2-3,5,9H,4,6-8H2,1H3. The third-order valence-electron chi connectivity index (χ3n) is 4.59. The number of alkyl halides is 5. The second-order valence-corrected chi connectivity index (χ2v) is 7.40. The van der Waals surface area contributed by atoms with Crippen molar-refractivity contribution < 1.29 is 26.7 Å². The lowest BCUT2D eigenvalue weighted by atomic mass is 10.3. The quantitative estimate of drug-likeness (QED) is 0.536. The lowest BCUT2D eigenvalue weighted by Crippen LogP contribution is -2.32. The maximum Gasteiger partial charge on any atom is 0.425 e. The van der Waals surface area contributed by atoms with E-state index in [1.54, 1.807) is 12.1 Å². The second kappa shape index (κ2) is 7.70. The molecule has 8 nitrogen and oxygen atoms in total. The molecule has 1 aliphatic rings. The Hall–Kier alpha value is -2.83. The monoisotopic (exact) mass is 463 g/mol. The van der Waals surface area contributed by atoms with Gasteiger partial charge in [0.2, 0.25) is 5.65 Å². The molecule has 1 aliphatic heterocycles. The van der Waals surface area contributed by atoms with Crippen molar-refractivity contribution in [3.05, 3.63) is 29.0 Å². The first-order chi connectivity index (χ1) is 14.5. The summed E-state index contributed by atoms with van der Waals surface area (Å²) in [4.78, 5) is 14.3. The van der Waals surface area contributed by atoms with Crippen LogP contribution in [0.2, 0.25) is 5.02 Å². The van der Waals surface area contributed by atoms with Crippen molar-refractivity contribution in [2.24, 2.45) is 0 Å². The molecule has 3 aromatic rings. The number of rotatable bonds is 5. The molecule has 14 heteroatoms. The van der Waals surface area contributed by atoms with Crippen LogP contribution in [0.4, 0.5) is 27.8 Å². The van der Waals surface area contributed by atoms with Crippen LogP contribution in [0.25, 0.3) is 11.2 Å². The van der Waals surface area contributed by atoms with Crippen molar-refractivity contribution in [1.82, 2.24) is 29.9 Å². The van der Waals surface area contributed by atoms with E-state index in [2.05, 4.69) is 25.1 Å². The van der Waals surface area contributed by atoms with Gasteiger partial charge >= 0.3 is 12.2 Å². The van der Waals surface area contributed by atoms with Gasteiger partial charge in [0.15, 0.2) is 17.4 Å². The number of pyridine rings is 1. The predicted molar refractivity (Wildman–Crippen MR) is 99.4 cm³/mol. The molecule has 0 amide bonds. The molecular formula is C17H15ClF5N7O. The summed E-state index contributed by atoms with van der Waals surface area (Å²) in [7, 11) is 0. The van der Waals surface area contributed by atoms with Crippen LogP contribution in [0.15, 0.2) is 18.3 Å². The fourth-order valence-corrected chi connectivity index (χ4v) is 3.15. The number of ether oxygens (including phenoxy) is 1. The van der Waals surface area contributed by atoms with Crippen molar-refractivity contribution in [3.8, 4) is 6.01 Å². The van der Waals surface area contributed by atoms with E-state index in [4.69, 9.17) is 16.3 Å². The van der Waals surface area contributed by atoms with Crippen LogP contribution in [0.3, 0.4) is 0 Å². The Morgan fingerprint density at radius 1 is 1.26 bits per heavy atom. The largest absolute Gasteiger partial charge is 0.451 e. The average molecular weight is 464 g/mol. The van der Waals surface area contributed by atoms with E-state index in [-0.39, 0.29) is 30.1 Å². The number of halogens is 6. The minimum Gasteiger partial charge on any atom is -0.451 e. The second-order valence-electron chi connectivity index (χ2n) is 6.99. The van der Waals surface area contributed by atoms with Crippen molar-refractivity contribution in [2.75, 3.05) is 18.0 Å². The molecule has 1 unspecified atom stereocenters. The highest BCUT2D eigenvalue weighted by molar-refractivity contribution is 6.31. The predicted octanol–water partition coefficient (Wildman–Crippen LogP) is 3.49. The summed E-state index contributed by atoms with van der Waals surface area (Å²) in [6, 6.07) is 2.63. The Kier molecular flexibility index (Phi) is 5.31. The van der Waals surface area contributed by atoms with Crippen molar-refractivity contribution in [1.29, 1.82) is 0 Å². The van der Waals surface area contributed by atoms with Gasteiger partial charge in [0.05, 0.1) is 17.3 Å². The molecule has 4 rings (SSSR count). The molecule has 0 aliphatic carbocycles. The van der Waals surface area contributed by atoms with Crippen LogP contribution in [0.1, 0.15) is 19.0 Å². The zero-order valence-corrected chi connectivity index (χ0v) is 16.7. The van der Waals surface area contributed by atoms with Gasteiger partial charge in [0.25, 0.3) is 5.92 Å². The fourth-order valence-electron chi connectivity index (χ4n) is 2.97. The summed E-state index contributed by atoms with van der Waals surface area (Å²) in [5, 5.41) is 8.71. The summed E-state index contributed by atoms with van der Waals surface area (Å²) in [5.74, 6) is -3.04. The molecule has 0 N–H and O–H groups in total. The number of anilines is 1. The van der Waals surface area contributed by atoms with Gasteiger partial charge in [0.1, 0.15) is 6.54 Å². The Morgan fingerprint density at radius 3 is 2.68 bits per heavy atom. The highest BCUT2D eigenvalue weighted by Gasteiger charge is 2.41. The lowest BCUT2D eigenvalue weighted by molar-refractivity contribution is -0.190. The Morgan fingerprint density at radius 2 is 2.03 bits per heavy atom. The minimum absolute atomic E-state index is 0.0285. The van der Waals surface area contributed by atoms with Crippen LogP contribution in [-0.4, -0.2) is 61.2 Å². The number of fused-ring (bicyclic) bond motifs is 1. The maximum atomic E-state index is 13.8. The molecule has 1 saturated heterocycles. The van der Waals surface area contributed by atoms with Gasteiger partial charge in [-0.15, -0.1) is 10.2 Å². The third-order valence-corrected chi connectivity index (χ3v) is 4.93. The van der Waals surface area contributed by atoms with Gasteiger partial charge in [0, 0.05) is 19.2 Å². The molecule has 3 aromatic heterocycles. The maximum absolute atomic E-state index is 13.8. The third kappa shape index (κ3) is 4.60. The summed E-state index contributed by atoms with van der Waals surface area (Å²) in [5.41, 5.74) is 0.391. The van der Waals surface area contributed by atoms with Gasteiger partial charge in [-0.3, -0.25) is 4.98 Å². The first-order valence-electron chi connectivity index (χ1n) is 9.10. The molecule has 0 bridgehead atoms. The Labute approximate surface area is 177 Å². The normalized spacial score (nSPS) is 17.3. The SMILES string of the molecule is CC(Oc1nc(N2CCC(F)(F)C2)c2nn(Cc3ncccc3Cl)nc2n1)C(F)(F)F. The number of aromatic nitrogens is 6. The molecule has 1 atom stereocenters. The van der Waals surface area contributed by atoms with E-state index >= 15 is 0 Å². The lowest BCUT2D eigenvalue weighted by Gasteiger charge is -2.19. The van der Waals surface area contributed by atoms with Crippen molar-refractivity contribution in [2.45, 2.75) is 38.1 Å². The Balaban J connectivity index is 1.74. The van der Waals surface area contributed by atoms with E-state index in [1.165, 1.54) is 15.9 Å². The molecule has 4 heterocycles. The summed E-state index contributed by atoms with van der Waals surface area (Å²) in [6.45, 7) is 0.0938. The smallest absolute Gasteiger partial charge is 0.425 e. The first-order valence-corrected chi connectivity index (χ1v) is 9.48. The van der Waals surface area contributed by atoms with Gasteiger partial charge in [-0.05, 0) is 19.1 Å². The van der Waals surface area contributed by atoms with Crippen LogP contribution in [-0.2, 0) is 6.54 Å². The molecule has 31 heavy (non-hydrogen) atoms. The van der Waals surface area contributed by atoms with Crippen molar-refractivity contribution >= 4 is 28.6 Å². The van der Waals surface area contributed by atoms with E-state index in [1.807, 2.05) is 0 Å². The summed E-state index contributed by atoms with van der Waals surface area (Å²) in [6.07, 6.45) is -5.77. The Bertz CT molecular complexity index is 1110.